The van der Waals surface area contributed by atoms with Crippen molar-refractivity contribution in [1.29, 1.82) is 0 Å². The fourth-order valence-electron chi connectivity index (χ4n) is 4.10. The van der Waals surface area contributed by atoms with Gasteiger partial charge in [0.15, 0.2) is 0 Å². The number of hydrogen-bond donors (Lipinski definition) is 1. The number of rotatable bonds is 6. The van der Waals surface area contributed by atoms with Crippen molar-refractivity contribution in [3.05, 3.63) is 24.0 Å². The van der Waals surface area contributed by atoms with Crippen LogP contribution < -0.4 is 4.74 Å². The van der Waals surface area contributed by atoms with Crippen molar-refractivity contribution >= 4 is 5.91 Å². The first-order valence-corrected chi connectivity index (χ1v) is 9.26. The maximum atomic E-state index is 13.0. The molecule has 6 nitrogen and oxygen atoms in total. The summed E-state index contributed by atoms with van der Waals surface area (Å²) in [5.41, 5.74) is 0.548. The molecular formula is C19H28N2O4. The fraction of sp³-hybridized carbons (Fsp3) is 0.684. The van der Waals surface area contributed by atoms with Gasteiger partial charge in [0.25, 0.3) is 5.91 Å². The van der Waals surface area contributed by atoms with E-state index in [-0.39, 0.29) is 24.0 Å². The van der Waals surface area contributed by atoms with Crippen LogP contribution in [0.4, 0.5) is 0 Å². The van der Waals surface area contributed by atoms with Gasteiger partial charge in [-0.15, -0.1) is 0 Å². The van der Waals surface area contributed by atoms with Crippen molar-refractivity contribution in [3.63, 3.8) is 0 Å². The Kier molecular flexibility index (Phi) is 6.26. The zero-order chi connectivity index (χ0) is 17.6. The lowest BCUT2D eigenvalue weighted by Crippen LogP contribution is -2.45. The van der Waals surface area contributed by atoms with E-state index in [9.17, 15) is 9.90 Å². The van der Waals surface area contributed by atoms with Gasteiger partial charge in [0.2, 0.25) is 0 Å². The monoisotopic (exact) mass is 348 g/mol. The normalized spacial score (nSPS) is 26.6. The molecule has 1 amide bonds. The fourth-order valence-corrected chi connectivity index (χ4v) is 4.10. The molecule has 1 saturated carbocycles. The van der Waals surface area contributed by atoms with Crippen LogP contribution in [-0.2, 0) is 4.74 Å². The minimum Gasteiger partial charge on any atom is -0.490 e. The molecule has 0 bridgehead atoms. The second-order valence-electron chi connectivity index (χ2n) is 6.97. The van der Waals surface area contributed by atoms with Crippen molar-refractivity contribution in [2.24, 2.45) is 5.92 Å². The highest BCUT2D eigenvalue weighted by Gasteiger charge is 2.39. The van der Waals surface area contributed by atoms with Gasteiger partial charge < -0.3 is 19.5 Å². The number of carbonyl (C=O) groups is 1. The van der Waals surface area contributed by atoms with Gasteiger partial charge in [0.05, 0.1) is 24.5 Å². The van der Waals surface area contributed by atoms with Gasteiger partial charge in [-0.25, -0.2) is 0 Å². The molecule has 25 heavy (non-hydrogen) atoms. The van der Waals surface area contributed by atoms with Gasteiger partial charge in [0, 0.05) is 31.8 Å². The minimum absolute atomic E-state index is 0.00929. The molecule has 2 heterocycles. The van der Waals surface area contributed by atoms with Gasteiger partial charge in [0.1, 0.15) is 12.4 Å². The van der Waals surface area contributed by atoms with Gasteiger partial charge >= 0.3 is 0 Å². The molecule has 1 saturated heterocycles. The minimum atomic E-state index is -0.283. The first-order chi connectivity index (χ1) is 12.2. The quantitative estimate of drug-likeness (QED) is 0.799. The Balaban J connectivity index is 1.69. The standard InChI is InChI=1S/C19H28N2O4/c1-24-9-10-25-15-11-14(12-20-13-15)19(23)21-8-4-6-17(21)16-5-2-3-7-18(16)22/h11-13,16-18,22H,2-10H2,1H3/t16-,17-,18-/m1/s1. The maximum absolute atomic E-state index is 13.0. The van der Waals surface area contributed by atoms with E-state index in [0.717, 1.165) is 45.1 Å². The lowest BCUT2D eigenvalue weighted by atomic mass is 9.80. The molecule has 138 valence electrons. The molecule has 0 aromatic carbocycles. The topological polar surface area (TPSA) is 71.9 Å². The summed E-state index contributed by atoms with van der Waals surface area (Å²) in [7, 11) is 1.62. The number of aliphatic hydroxyl groups is 1. The van der Waals surface area contributed by atoms with Crippen molar-refractivity contribution in [2.45, 2.75) is 50.7 Å². The molecule has 3 rings (SSSR count). The molecule has 1 aromatic rings. The first-order valence-electron chi connectivity index (χ1n) is 9.26. The third-order valence-corrected chi connectivity index (χ3v) is 5.35. The highest BCUT2D eigenvalue weighted by molar-refractivity contribution is 5.94. The van der Waals surface area contributed by atoms with Crippen LogP contribution in [0.15, 0.2) is 18.5 Å². The second-order valence-corrected chi connectivity index (χ2v) is 6.97. The van der Waals surface area contributed by atoms with Crippen LogP contribution in [0, 0.1) is 5.92 Å². The molecule has 0 spiro atoms. The molecule has 0 unspecified atom stereocenters. The van der Waals surface area contributed by atoms with Crippen LogP contribution in [0.2, 0.25) is 0 Å². The number of amides is 1. The van der Waals surface area contributed by atoms with Crippen LogP contribution in [0.1, 0.15) is 48.9 Å². The summed E-state index contributed by atoms with van der Waals surface area (Å²) in [6.45, 7) is 1.67. The summed E-state index contributed by atoms with van der Waals surface area (Å²) in [6, 6.07) is 1.89. The van der Waals surface area contributed by atoms with E-state index < -0.39 is 0 Å². The summed E-state index contributed by atoms with van der Waals surface area (Å²) in [5.74, 6) is 0.774. The number of aliphatic hydroxyl groups excluding tert-OH is 1. The Labute approximate surface area is 149 Å². The maximum Gasteiger partial charge on any atom is 0.255 e. The molecule has 2 aliphatic rings. The Morgan fingerprint density at radius 2 is 2.08 bits per heavy atom. The molecule has 1 aliphatic heterocycles. The van der Waals surface area contributed by atoms with Crippen LogP contribution in [-0.4, -0.2) is 59.9 Å². The highest BCUT2D eigenvalue weighted by Crippen LogP contribution is 2.35. The van der Waals surface area contributed by atoms with Gasteiger partial charge in [-0.3, -0.25) is 9.78 Å². The molecule has 6 heteroatoms. The van der Waals surface area contributed by atoms with E-state index in [1.54, 1.807) is 25.6 Å². The van der Waals surface area contributed by atoms with Gasteiger partial charge in [-0.2, -0.15) is 0 Å². The Bertz CT molecular complexity index is 580. The second kappa shape index (κ2) is 8.63. The van der Waals surface area contributed by atoms with Gasteiger partial charge in [-0.1, -0.05) is 12.8 Å². The van der Waals surface area contributed by atoms with Crippen molar-refractivity contribution in [3.8, 4) is 5.75 Å². The largest absolute Gasteiger partial charge is 0.490 e. The summed E-state index contributed by atoms with van der Waals surface area (Å²) in [4.78, 5) is 19.1. The van der Waals surface area contributed by atoms with Crippen molar-refractivity contribution in [2.75, 3.05) is 26.9 Å². The Morgan fingerprint density at radius 1 is 1.24 bits per heavy atom. The average molecular weight is 348 g/mol. The van der Waals surface area contributed by atoms with E-state index in [1.165, 1.54) is 0 Å². The average Bonchev–Trinajstić information content (AvgIpc) is 3.11. The van der Waals surface area contributed by atoms with E-state index >= 15 is 0 Å². The molecule has 1 aromatic heterocycles. The van der Waals surface area contributed by atoms with E-state index in [0.29, 0.717) is 24.5 Å². The van der Waals surface area contributed by atoms with Gasteiger partial charge in [-0.05, 0) is 31.7 Å². The predicted octanol–water partition coefficient (Wildman–Crippen LogP) is 2.26. The summed E-state index contributed by atoms with van der Waals surface area (Å²) in [6.07, 6.45) is 8.99. The third-order valence-electron chi connectivity index (χ3n) is 5.35. The highest BCUT2D eigenvalue weighted by atomic mass is 16.5. The number of aromatic nitrogens is 1. The van der Waals surface area contributed by atoms with Crippen LogP contribution in [0.3, 0.4) is 0 Å². The number of ether oxygens (including phenoxy) is 2. The summed E-state index contributed by atoms with van der Waals surface area (Å²) < 4.78 is 10.5. The SMILES string of the molecule is COCCOc1cncc(C(=O)N2CCC[C@@H]2[C@H]2CCCC[C@H]2O)c1. The van der Waals surface area contributed by atoms with E-state index in [4.69, 9.17) is 9.47 Å². The third kappa shape index (κ3) is 4.30. The number of nitrogens with zero attached hydrogens (tertiary/aromatic N) is 2. The summed E-state index contributed by atoms with van der Waals surface area (Å²) >= 11 is 0. The van der Waals surface area contributed by atoms with Crippen molar-refractivity contribution in [1.82, 2.24) is 9.88 Å². The lowest BCUT2D eigenvalue weighted by molar-refractivity contribution is 0.0211. The molecule has 2 fully saturated rings. The molecule has 1 aliphatic carbocycles. The van der Waals surface area contributed by atoms with Crippen LogP contribution in [0.5, 0.6) is 5.75 Å². The number of hydrogen-bond acceptors (Lipinski definition) is 5. The van der Waals surface area contributed by atoms with Crippen LogP contribution >= 0.6 is 0 Å². The number of methoxy groups -OCH3 is 1. The Morgan fingerprint density at radius 3 is 2.88 bits per heavy atom. The van der Waals surface area contributed by atoms with Crippen molar-refractivity contribution < 1.29 is 19.4 Å². The molecule has 0 radical (unpaired) electrons. The number of carbonyl (C=O) groups excluding carboxylic acids is 1. The molecule has 1 N–H and O–H groups in total. The zero-order valence-electron chi connectivity index (χ0n) is 14.9. The van der Waals surface area contributed by atoms with E-state index in [2.05, 4.69) is 4.98 Å². The number of pyridine rings is 1. The Hall–Kier alpha value is -1.66. The van der Waals surface area contributed by atoms with E-state index in [1.807, 2.05) is 4.90 Å². The number of likely N-dealkylation sites (tertiary alicyclic amines) is 1. The zero-order valence-corrected chi connectivity index (χ0v) is 14.9. The smallest absolute Gasteiger partial charge is 0.255 e. The summed E-state index contributed by atoms with van der Waals surface area (Å²) in [5, 5.41) is 10.4. The first kappa shape index (κ1) is 18.1. The predicted molar refractivity (Wildman–Crippen MR) is 93.6 cm³/mol. The molecule has 3 atom stereocenters. The van der Waals surface area contributed by atoms with Crippen LogP contribution in [0.25, 0.3) is 0 Å². The molecular weight excluding hydrogens is 320 g/mol. The lowest BCUT2D eigenvalue weighted by Gasteiger charge is -2.37.